The van der Waals surface area contributed by atoms with E-state index in [4.69, 9.17) is 20.8 Å². The molecule has 0 fully saturated rings. The van der Waals surface area contributed by atoms with Crippen LogP contribution in [0.4, 0.5) is 5.69 Å². The van der Waals surface area contributed by atoms with Crippen LogP contribution in [0.15, 0.2) is 65.2 Å². The van der Waals surface area contributed by atoms with Crippen LogP contribution < -0.4 is 5.32 Å². The molecule has 0 saturated heterocycles. The van der Waals surface area contributed by atoms with E-state index in [1.807, 2.05) is 12.1 Å². The van der Waals surface area contributed by atoms with Gasteiger partial charge in [-0.2, -0.15) is 0 Å². The zero-order valence-electron chi connectivity index (χ0n) is 16.4. The number of esters is 1. The van der Waals surface area contributed by atoms with E-state index in [9.17, 15) is 9.59 Å². The van der Waals surface area contributed by atoms with E-state index < -0.39 is 0 Å². The Labute approximate surface area is 179 Å². The van der Waals surface area contributed by atoms with Crippen LogP contribution in [0.25, 0.3) is 17.4 Å². The molecule has 0 radical (unpaired) electrons. The molecule has 0 bridgehead atoms. The number of aryl methyl sites for hydroxylation is 1. The molecule has 2 aromatic carbocycles. The standard InChI is InChI=1S/C23H21ClN2O4/c1-2-29-23(28)14-5-16-3-10-19(11-4-16)26-21(27)12-13-22-25-15-20(30-22)17-6-8-18(24)9-7-17/h3-11,14-15H,2,12-13H2,1H3,(H,26,27)/b14-5+. The van der Waals surface area contributed by atoms with Crippen molar-refractivity contribution in [3.63, 3.8) is 0 Å². The van der Waals surface area contributed by atoms with Gasteiger partial charge < -0.3 is 14.5 Å². The Morgan fingerprint density at radius 1 is 1.13 bits per heavy atom. The highest BCUT2D eigenvalue weighted by atomic mass is 35.5. The highest BCUT2D eigenvalue weighted by molar-refractivity contribution is 6.30. The van der Waals surface area contributed by atoms with Crippen LogP contribution in [0.3, 0.4) is 0 Å². The van der Waals surface area contributed by atoms with Gasteiger partial charge in [-0.25, -0.2) is 9.78 Å². The van der Waals surface area contributed by atoms with Crippen molar-refractivity contribution in [3.8, 4) is 11.3 Å². The normalized spacial score (nSPS) is 10.9. The third-order valence-corrected chi connectivity index (χ3v) is 4.39. The molecule has 6 nitrogen and oxygen atoms in total. The van der Waals surface area contributed by atoms with Gasteiger partial charge in [-0.3, -0.25) is 4.79 Å². The lowest BCUT2D eigenvalue weighted by Crippen LogP contribution is -2.12. The lowest BCUT2D eigenvalue weighted by Gasteiger charge is -2.05. The van der Waals surface area contributed by atoms with Crippen LogP contribution in [-0.4, -0.2) is 23.5 Å². The number of nitrogens with one attached hydrogen (secondary N) is 1. The third kappa shape index (κ3) is 6.32. The predicted molar refractivity (Wildman–Crippen MR) is 116 cm³/mol. The summed E-state index contributed by atoms with van der Waals surface area (Å²) in [5.41, 5.74) is 2.37. The number of oxazole rings is 1. The Hall–Kier alpha value is -3.38. The Balaban J connectivity index is 1.49. The maximum Gasteiger partial charge on any atom is 0.330 e. The number of carbonyl (C=O) groups excluding carboxylic acids is 2. The topological polar surface area (TPSA) is 81.4 Å². The summed E-state index contributed by atoms with van der Waals surface area (Å²) in [6.45, 7) is 2.09. The predicted octanol–water partition coefficient (Wildman–Crippen LogP) is 5.14. The first-order valence-electron chi connectivity index (χ1n) is 9.49. The number of carbonyl (C=O) groups is 2. The van der Waals surface area contributed by atoms with Gasteiger partial charge in [0.1, 0.15) is 0 Å². The Morgan fingerprint density at radius 2 is 1.87 bits per heavy atom. The molecule has 0 spiro atoms. The summed E-state index contributed by atoms with van der Waals surface area (Å²) in [5, 5.41) is 3.48. The monoisotopic (exact) mass is 424 g/mol. The molecule has 7 heteroatoms. The summed E-state index contributed by atoms with van der Waals surface area (Å²) in [6.07, 6.45) is 5.29. The molecule has 3 rings (SSSR count). The van der Waals surface area contributed by atoms with Gasteiger partial charge in [0.05, 0.1) is 12.8 Å². The Kier molecular flexibility index (Phi) is 7.40. The SMILES string of the molecule is CCOC(=O)/C=C/c1ccc(NC(=O)CCc2ncc(-c3ccc(Cl)cc3)o2)cc1. The molecule has 30 heavy (non-hydrogen) atoms. The number of nitrogens with zero attached hydrogens (tertiary/aromatic N) is 1. The molecule has 0 atom stereocenters. The van der Waals surface area contributed by atoms with Crippen molar-refractivity contribution in [2.24, 2.45) is 0 Å². The van der Waals surface area contributed by atoms with E-state index in [0.717, 1.165) is 11.1 Å². The van der Waals surface area contributed by atoms with Crippen molar-refractivity contribution < 1.29 is 18.7 Å². The van der Waals surface area contributed by atoms with Crippen molar-refractivity contribution in [2.75, 3.05) is 11.9 Å². The fourth-order valence-corrected chi connectivity index (χ4v) is 2.78. The van der Waals surface area contributed by atoms with E-state index in [0.29, 0.717) is 35.4 Å². The van der Waals surface area contributed by atoms with Crippen molar-refractivity contribution in [1.29, 1.82) is 0 Å². The number of aromatic nitrogens is 1. The summed E-state index contributed by atoms with van der Waals surface area (Å²) >= 11 is 5.89. The van der Waals surface area contributed by atoms with Gasteiger partial charge in [-0.05, 0) is 55.0 Å². The van der Waals surface area contributed by atoms with Crippen molar-refractivity contribution in [2.45, 2.75) is 19.8 Å². The molecule has 1 heterocycles. The smallest absolute Gasteiger partial charge is 0.330 e. The highest BCUT2D eigenvalue weighted by Crippen LogP contribution is 2.22. The molecule has 154 valence electrons. The summed E-state index contributed by atoms with van der Waals surface area (Å²) in [5.74, 6) is 0.597. The zero-order valence-corrected chi connectivity index (χ0v) is 17.2. The van der Waals surface area contributed by atoms with E-state index in [-0.39, 0.29) is 18.3 Å². The minimum atomic E-state index is -0.388. The average molecular weight is 425 g/mol. The molecule has 1 aromatic heterocycles. The molecule has 0 aliphatic carbocycles. The lowest BCUT2D eigenvalue weighted by atomic mass is 10.2. The first kappa shape index (κ1) is 21.3. The largest absolute Gasteiger partial charge is 0.463 e. The van der Waals surface area contributed by atoms with Gasteiger partial charge in [-0.1, -0.05) is 23.7 Å². The van der Waals surface area contributed by atoms with E-state index in [2.05, 4.69) is 10.3 Å². The summed E-state index contributed by atoms with van der Waals surface area (Å²) in [7, 11) is 0. The van der Waals surface area contributed by atoms with Crippen LogP contribution in [0.1, 0.15) is 24.8 Å². The van der Waals surface area contributed by atoms with Gasteiger partial charge in [-0.15, -0.1) is 0 Å². The highest BCUT2D eigenvalue weighted by Gasteiger charge is 2.09. The van der Waals surface area contributed by atoms with E-state index in [1.165, 1.54) is 6.08 Å². The van der Waals surface area contributed by atoms with Crippen LogP contribution >= 0.6 is 11.6 Å². The molecule has 1 amide bonds. The number of rotatable bonds is 8. The summed E-state index contributed by atoms with van der Waals surface area (Å²) < 4.78 is 10.5. The second-order valence-corrected chi connectivity index (χ2v) is 6.82. The van der Waals surface area contributed by atoms with Crippen LogP contribution in [0.5, 0.6) is 0 Å². The third-order valence-electron chi connectivity index (χ3n) is 4.14. The minimum Gasteiger partial charge on any atom is -0.463 e. The molecule has 0 aliphatic heterocycles. The number of hydrogen-bond donors (Lipinski definition) is 1. The second kappa shape index (κ2) is 10.4. The molecule has 1 N–H and O–H groups in total. The number of amides is 1. The van der Waals surface area contributed by atoms with Crippen molar-refractivity contribution in [3.05, 3.63) is 77.3 Å². The molecule has 0 unspecified atom stereocenters. The summed E-state index contributed by atoms with van der Waals surface area (Å²) in [4.78, 5) is 27.8. The second-order valence-electron chi connectivity index (χ2n) is 6.38. The quantitative estimate of drug-likeness (QED) is 0.400. The van der Waals surface area contributed by atoms with Gasteiger partial charge in [0, 0.05) is 35.2 Å². The number of hydrogen-bond acceptors (Lipinski definition) is 5. The Bertz CT molecular complexity index is 1020. The van der Waals surface area contributed by atoms with Crippen LogP contribution in [-0.2, 0) is 20.7 Å². The number of halogens is 1. The van der Waals surface area contributed by atoms with Gasteiger partial charge >= 0.3 is 5.97 Å². The Morgan fingerprint density at radius 3 is 2.57 bits per heavy atom. The first-order valence-corrected chi connectivity index (χ1v) is 9.86. The molecular weight excluding hydrogens is 404 g/mol. The summed E-state index contributed by atoms with van der Waals surface area (Å²) in [6, 6.07) is 14.4. The zero-order chi connectivity index (χ0) is 21.3. The fourth-order valence-electron chi connectivity index (χ4n) is 2.65. The van der Waals surface area contributed by atoms with Crippen molar-refractivity contribution >= 4 is 35.2 Å². The molecule has 3 aromatic rings. The van der Waals surface area contributed by atoms with E-state index in [1.54, 1.807) is 55.6 Å². The lowest BCUT2D eigenvalue weighted by molar-refractivity contribution is -0.137. The fraction of sp³-hybridized carbons (Fsp3) is 0.174. The van der Waals surface area contributed by atoms with E-state index >= 15 is 0 Å². The maximum absolute atomic E-state index is 12.2. The molecular formula is C23H21ClN2O4. The molecule has 0 aliphatic rings. The van der Waals surface area contributed by atoms with Gasteiger partial charge in [0.2, 0.25) is 5.91 Å². The van der Waals surface area contributed by atoms with Crippen LogP contribution in [0, 0.1) is 0 Å². The number of benzene rings is 2. The maximum atomic E-state index is 12.2. The van der Waals surface area contributed by atoms with Gasteiger partial charge in [0.25, 0.3) is 0 Å². The van der Waals surface area contributed by atoms with Crippen LogP contribution in [0.2, 0.25) is 5.02 Å². The average Bonchev–Trinajstić information content (AvgIpc) is 3.22. The minimum absolute atomic E-state index is 0.143. The number of ether oxygens (including phenoxy) is 1. The number of anilines is 1. The first-order chi connectivity index (χ1) is 14.5. The molecule has 0 saturated carbocycles. The van der Waals surface area contributed by atoms with Gasteiger partial charge in [0.15, 0.2) is 11.7 Å². The van der Waals surface area contributed by atoms with Crippen molar-refractivity contribution in [1.82, 2.24) is 4.98 Å².